The van der Waals surface area contributed by atoms with Gasteiger partial charge in [0, 0.05) is 6.04 Å². The van der Waals surface area contributed by atoms with E-state index in [0.717, 1.165) is 12.8 Å². The van der Waals surface area contributed by atoms with Crippen LogP contribution in [-0.2, 0) is 14.1 Å². The van der Waals surface area contributed by atoms with Crippen LogP contribution >= 0.6 is 0 Å². The molecule has 2 fully saturated rings. The molecule has 2 aliphatic rings. The van der Waals surface area contributed by atoms with Crippen LogP contribution in [0.15, 0.2) is 18.2 Å². The van der Waals surface area contributed by atoms with Crippen molar-refractivity contribution in [2.45, 2.75) is 57.8 Å². The number of carbonyl (C=O) groups excluding carboxylic acids is 1. The molecule has 1 aromatic rings. The van der Waals surface area contributed by atoms with E-state index in [0.29, 0.717) is 5.46 Å². The number of hydrogen-bond donors (Lipinski definition) is 1. The van der Waals surface area contributed by atoms with Crippen molar-refractivity contribution in [2.24, 2.45) is 0 Å². The molecule has 5 nitrogen and oxygen atoms in total. The quantitative estimate of drug-likeness (QED) is 0.834. The smallest absolute Gasteiger partial charge is 0.481 e. The lowest BCUT2D eigenvalue weighted by atomic mass is 9.79. The van der Waals surface area contributed by atoms with Gasteiger partial charge in [0.2, 0.25) is 0 Å². The Hall–Kier alpha value is -1.60. The first-order chi connectivity index (χ1) is 11.2. The fourth-order valence-electron chi connectivity index (χ4n) is 2.40. The highest BCUT2D eigenvalue weighted by molar-refractivity contribution is 6.62. The van der Waals surface area contributed by atoms with Crippen LogP contribution in [0.3, 0.4) is 0 Å². The first-order valence-corrected chi connectivity index (χ1v) is 8.25. The summed E-state index contributed by atoms with van der Waals surface area (Å²) in [6, 6.07) is 4.78. The number of ether oxygens (including phenoxy) is 1. The zero-order valence-electron chi connectivity index (χ0n) is 14.5. The molecule has 0 bridgehead atoms. The predicted molar refractivity (Wildman–Crippen MR) is 88.8 cm³/mol. The van der Waals surface area contributed by atoms with Crippen molar-refractivity contribution in [1.29, 1.82) is 0 Å². The minimum Gasteiger partial charge on any atom is -0.481 e. The van der Waals surface area contributed by atoms with Gasteiger partial charge in [0.1, 0.15) is 0 Å². The second-order valence-corrected chi connectivity index (χ2v) is 7.41. The largest absolute Gasteiger partial charge is 0.494 e. The fourth-order valence-corrected chi connectivity index (χ4v) is 2.40. The van der Waals surface area contributed by atoms with Gasteiger partial charge in [0.15, 0.2) is 18.2 Å². The Morgan fingerprint density at radius 2 is 1.92 bits per heavy atom. The molecule has 0 aromatic heterocycles. The molecule has 1 N–H and O–H groups in total. The van der Waals surface area contributed by atoms with Crippen LogP contribution in [0.2, 0.25) is 0 Å². The predicted octanol–water partition coefficient (Wildman–Crippen LogP) is 1.78. The van der Waals surface area contributed by atoms with Gasteiger partial charge in [-0.05, 0) is 58.1 Å². The van der Waals surface area contributed by atoms with Gasteiger partial charge < -0.3 is 19.4 Å². The van der Waals surface area contributed by atoms with Gasteiger partial charge in [-0.2, -0.15) is 0 Å². The molecule has 1 saturated carbocycles. The number of carbonyl (C=O) groups is 1. The number of rotatable bonds is 5. The third kappa shape index (κ3) is 3.57. The minimum atomic E-state index is -0.628. The highest BCUT2D eigenvalue weighted by Gasteiger charge is 2.51. The monoisotopic (exact) mass is 335 g/mol. The van der Waals surface area contributed by atoms with E-state index in [1.165, 1.54) is 12.1 Å². The van der Waals surface area contributed by atoms with E-state index in [9.17, 15) is 9.18 Å². The third-order valence-corrected chi connectivity index (χ3v) is 4.78. The maximum atomic E-state index is 14.2. The van der Waals surface area contributed by atoms with E-state index in [4.69, 9.17) is 14.0 Å². The van der Waals surface area contributed by atoms with Crippen molar-refractivity contribution in [1.82, 2.24) is 5.32 Å². The molecule has 24 heavy (non-hydrogen) atoms. The average molecular weight is 335 g/mol. The molecule has 1 aromatic carbocycles. The number of benzene rings is 1. The fraction of sp³-hybridized carbons (Fsp3) is 0.588. The molecule has 1 saturated heterocycles. The van der Waals surface area contributed by atoms with Crippen LogP contribution in [0.25, 0.3) is 0 Å². The summed E-state index contributed by atoms with van der Waals surface area (Å²) >= 11 is 0. The number of halogens is 1. The van der Waals surface area contributed by atoms with Crippen molar-refractivity contribution in [3.8, 4) is 5.75 Å². The molecule has 0 atom stereocenters. The van der Waals surface area contributed by atoms with Crippen molar-refractivity contribution >= 4 is 18.5 Å². The number of hydrogen-bond acceptors (Lipinski definition) is 4. The van der Waals surface area contributed by atoms with Gasteiger partial charge in [-0.15, -0.1) is 0 Å². The molecule has 0 radical (unpaired) electrons. The highest BCUT2D eigenvalue weighted by Crippen LogP contribution is 2.36. The molecule has 3 rings (SSSR count). The highest BCUT2D eigenvalue weighted by atomic mass is 19.1. The lowest BCUT2D eigenvalue weighted by Crippen LogP contribution is -2.41. The van der Waals surface area contributed by atoms with E-state index in [2.05, 4.69) is 5.32 Å². The summed E-state index contributed by atoms with van der Waals surface area (Å²) in [5.74, 6) is -0.727. The van der Waals surface area contributed by atoms with Crippen molar-refractivity contribution in [3.05, 3.63) is 24.0 Å². The molecule has 7 heteroatoms. The third-order valence-electron chi connectivity index (χ3n) is 4.78. The molecule has 0 spiro atoms. The van der Waals surface area contributed by atoms with Crippen LogP contribution in [0.1, 0.15) is 40.5 Å². The Morgan fingerprint density at radius 1 is 1.29 bits per heavy atom. The lowest BCUT2D eigenvalue weighted by molar-refractivity contribution is -0.123. The second-order valence-electron chi connectivity index (χ2n) is 7.41. The first kappa shape index (κ1) is 17.2. The Labute approximate surface area is 142 Å². The lowest BCUT2D eigenvalue weighted by Gasteiger charge is -2.32. The second kappa shape index (κ2) is 6.04. The van der Waals surface area contributed by atoms with Gasteiger partial charge in [0.05, 0.1) is 11.2 Å². The van der Waals surface area contributed by atoms with Gasteiger partial charge in [-0.25, -0.2) is 4.39 Å². The van der Waals surface area contributed by atoms with E-state index in [-0.39, 0.29) is 24.3 Å². The molecule has 130 valence electrons. The van der Waals surface area contributed by atoms with Gasteiger partial charge >= 0.3 is 7.12 Å². The topological polar surface area (TPSA) is 56.8 Å². The summed E-state index contributed by atoms with van der Waals surface area (Å²) in [6.07, 6.45) is 2.01. The summed E-state index contributed by atoms with van der Waals surface area (Å²) in [6.45, 7) is 7.58. The molecular formula is C17H23BFNO4. The van der Waals surface area contributed by atoms with Crippen molar-refractivity contribution < 1.29 is 23.2 Å². The van der Waals surface area contributed by atoms with Crippen LogP contribution in [0.5, 0.6) is 5.75 Å². The number of nitrogens with one attached hydrogen (secondary N) is 1. The Kier molecular flexibility index (Phi) is 4.34. The van der Waals surface area contributed by atoms with Gasteiger partial charge in [0.25, 0.3) is 5.91 Å². The van der Waals surface area contributed by atoms with Gasteiger partial charge in [-0.3, -0.25) is 4.79 Å². The molecule has 0 unspecified atom stereocenters. The van der Waals surface area contributed by atoms with E-state index in [1.807, 2.05) is 27.7 Å². The van der Waals surface area contributed by atoms with Gasteiger partial charge in [-0.1, -0.05) is 6.07 Å². The number of amides is 1. The Balaban J connectivity index is 1.63. The minimum absolute atomic E-state index is 0.0428. The summed E-state index contributed by atoms with van der Waals surface area (Å²) in [5.41, 5.74) is -0.380. The average Bonchev–Trinajstić information content (AvgIpc) is 3.24. The van der Waals surface area contributed by atoms with E-state index < -0.39 is 24.1 Å². The molecule has 1 aliphatic heterocycles. The van der Waals surface area contributed by atoms with Crippen molar-refractivity contribution in [3.63, 3.8) is 0 Å². The summed E-state index contributed by atoms with van der Waals surface area (Å²) in [5, 5.41) is 2.79. The van der Waals surface area contributed by atoms with E-state index >= 15 is 0 Å². The van der Waals surface area contributed by atoms with E-state index in [1.54, 1.807) is 6.07 Å². The molecule has 1 amide bonds. The normalized spacial score (nSPS) is 21.6. The summed E-state index contributed by atoms with van der Waals surface area (Å²) in [7, 11) is -0.628. The molecule has 1 heterocycles. The van der Waals surface area contributed by atoms with Crippen LogP contribution in [-0.4, -0.2) is 36.9 Å². The van der Waals surface area contributed by atoms with Crippen LogP contribution in [0.4, 0.5) is 4.39 Å². The standard InChI is InChI=1S/C17H23BFNO4/c1-16(2)17(3,4)24-18(23-16)11-5-8-14(13(19)9-11)22-10-15(21)20-12-6-7-12/h5,8-9,12H,6-7,10H2,1-4H3,(H,20,21). The summed E-state index contributed by atoms with van der Waals surface area (Å²) in [4.78, 5) is 11.6. The first-order valence-electron chi connectivity index (χ1n) is 8.25. The Bertz CT molecular complexity index is 629. The molecule has 1 aliphatic carbocycles. The SMILES string of the molecule is CC1(C)OB(c2ccc(OCC(=O)NC3CC3)c(F)c2)OC1(C)C. The maximum absolute atomic E-state index is 14.2. The summed E-state index contributed by atoms with van der Waals surface area (Å²) < 4.78 is 31.3. The van der Waals surface area contributed by atoms with Crippen LogP contribution < -0.4 is 15.5 Å². The molecular weight excluding hydrogens is 312 g/mol. The van der Waals surface area contributed by atoms with Crippen LogP contribution in [0, 0.1) is 5.82 Å². The van der Waals surface area contributed by atoms with Crippen molar-refractivity contribution in [2.75, 3.05) is 6.61 Å². The zero-order valence-corrected chi connectivity index (χ0v) is 14.5. The zero-order chi connectivity index (χ0) is 17.5. The maximum Gasteiger partial charge on any atom is 0.494 e. The Morgan fingerprint density at radius 3 is 2.46 bits per heavy atom.